The van der Waals surface area contributed by atoms with E-state index < -0.39 is 0 Å². The van der Waals surface area contributed by atoms with Crippen molar-refractivity contribution in [2.24, 2.45) is 0 Å². The number of rotatable bonds is 5. The highest BCUT2D eigenvalue weighted by molar-refractivity contribution is 7.98. The zero-order chi connectivity index (χ0) is 14.5. The zero-order valence-electron chi connectivity index (χ0n) is 12.6. The summed E-state index contributed by atoms with van der Waals surface area (Å²) in [6, 6.07) is 11.2. The van der Waals surface area contributed by atoms with E-state index in [1.165, 1.54) is 42.7 Å². The molecule has 1 heterocycles. The average Bonchev–Trinajstić information content (AvgIpc) is 3.03. The van der Waals surface area contributed by atoms with Crippen molar-refractivity contribution >= 4 is 17.4 Å². The van der Waals surface area contributed by atoms with Crippen LogP contribution in [0, 0.1) is 0 Å². The molecule has 3 nitrogen and oxygen atoms in total. The first-order valence-corrected chi connectivity index (χ1v) is 9.00. The summed E-state index contributed by atoms with van der Waals surface area (Å²) < 4.78 is 2.18. The van der Waals surface area contributed by atoms with Gasteiger partial charge in [0.25, 0.3) is 0 Å². The van der Waals surface area contributed by atoms with Gasteiger partial charge in [-0.1, -0.05) is 31.4 Å². The molecule has 1 N–H and O–H groups in total. The van der Waals surface area contributed by atoms with Crippen molar-refractivity contribution in [1.82, 2.24) is 9.78 Å². The molecule has 3 rings (SSSR count). The highest BCUT2D eigenvalue weighted by Crippen LogP contribution is 2.28. The molecule has 112 valence electrons. The van der Waals surface area contributed by atoms with Gasteiger partial charge in [0.2, 0.25) is 0 Å². The van der Waals surface area contributed by atoms with Gasteiger partial charge in [-0.3, -0.25) is 4.68 Å². The average molecular weight is 301 g/mol. The number of thioether (sulfide) groups is 1. The molecule has 0 amide bonds. The maximum absolute atomic E-state index is 4.75. The number of para-hydroxylation sites is 1. The Morgan fingerprint density at radius 3 is 2.81 bits per heavy atom. The molecule has 1 aromatic carbocycles. The number of nitrogens with one attached hydrogen (secondary N) is 1. The summed E-state index contributed by atoms with van der Waals surface area (Å²) in [7, 11) is 0. The summed E-state index contributed by atoms with van der Waals surface area (Å²) >= 11 is 1.77. The summed E-state index contributed by atoms with van der Waals surface area (Å²) in [5, 5.41) is 8.25. The highest BCUT2D eigenvalue weighted by Gasteiger charge is 2.15. The predicted octanol–water partition coefficient (Wildman–Crippen LogP) is 4.72. The SMILES string of the molecule is CSc1ccccc1NCc1ccn(C2CCCCC2)n1. The molecule has 0 atom stereocenters. The Balaban J connectivity index is 1.62. The summed E-state index contributed by atoms with van der Waals surface area (Å²) in [4.78, 5) is 1.28. The van der Waals surface area contributed by atoms with Gasteiger partial charge in [0, 0.05) is 16.8 Å². The van der Waals surface area contributed by atoms with Crippen molar-refractivity contribution in [3.05, 3.63) is 42.2 Å². The molecule has 0 bridgehead atoms. The number of benzene rings is 1. The van der Waals surface area contributed by atoms with E-state index in [1.54, 1.807) is 11.8 Å². The van der Waals surface area contributed by atoms with E-state index in [0.29, 0.717) is 6.04 Å². The first-order valence-electron chi connectivity index (χ1n) is 7.78. The summed E-state index contributed by atoms with van der Waals surface area (Å²) in [6.07, 6.45) is 10.9. The second-order valence-corrected chi connectivity index (χ2v) is 6.48. The van der Waals surface area contributed by atoms with Crippen LogP contribution in [0.2, 0.25) is 0 Å². The molecule has 1 fully saturated rings. The summed E-state index contributed by atoms with van der Waals surface area (Å²) in [6.45, 7) is 0.789. The van der Waals surface area contributed by atoms with Gasteiger partial charge in [0.15, 0.2) is 0 Å². The fourth-order valence-corrected chi connectivity index (χ4v) is 3.57. The van der Waals surface area contributed by atoms with E-state index in [4.69, 9.17) is 5.10 Å². The lowest BCUT2D eigenvalue weighted by atomic mass is 9.96. The van der Waals surface area contributed by atoms with Crippen molar-refractivity contribution < 1.29 is 0 Å². The van der Waals surface area contributed by atoms with Gasteiger partial charge in [0.1, 0.15) is 0 Å². The van der Waals surface area contributed by atoms with Crippen molar-refractivity contribution in [3.8, 4) is 0 Å². The highest BCUT2D eigenvalue weighted by atomic mass is 32.2. The maximum atomic E-state index is 4.75. The fourth-order valence-electron chi connectivity index (χ4n) is 3.00. The van der Waals surface area contributed by atoms with Gasteiger partial charge in [0.05, 0.1) is 18.3 Å². The standard InChI is InChI=1S/C17H23N3S/c1-21-17-10-6-5-9-16(17)18-13-14-11-12-20(19-14)15-7-3-2-4-8-15/h5-6,9-12,15,18H,2-4,7-8,13H2,1H3. The molecule has 2 aromatic rings. The summed E-state index contributed by atoms with van der Waals surface area (Å²) in [5.74, 6) is 0. The van der Waals surface area contributed by atoms with Crippen LogP contribution in [0.4, 0.5) is 5.69 Å². The number of anilines is 1. The molecular weight excluding hydrogens is 278 g/mol. The Hall–Kier alpha value is -1.42. The third-order valence-electron chi connectivity index (χ3n) is 4.18. The molecule has 0 spiro atoms. The molecule has 0 radical (unpaired) electrons. The minimum Gasteiger partial charge on any atom is -0.378 e. The van der Waals surface area contributed by atoms with Crippen LogP contribution in [-0.2, 0) is 6.54 Å². The minimum absolute atomic E-state index is 0.617. The van der Waals surface area contributed by atoms with Crippen LogP contribution in [0.3, 0.4) is 0 Å². The second-order valence-electron chi connectivity index (χ2n) is 5.63. The van der Waals surface area contributed by atoms with E-state index in [2.05, 4.69) is 52.8 Å². The number of hydrogen-bond acceptors (Lipinski definition) is 3. The van der Waals surface area contributed by atoms with E-state index in [-0.39, 0.29) is 0 Å². The molecule has 1 saturated carbocycles. The van der Waals surface area contributed by atoms with Crippen molar-refractivity contribution in [2.45, 2.75) is 49.6 Å². The first-order chi connectivity index (χ1) is 10.4. The molecule has 0 saturated heterocycles. The topological polar surface area (TPSA) is 29.9 Å². The fraction of sp³-hybridized carbons (Fsp3) is 0.471. The van der Waals surface area contributed by atoms with Gasteiger partial charge in [-0.25, -0.2) is 0 Å². The van der Waals surface area contributed by atoms with Crippen LogP contribution in [0.1, 0.15) is 43.8 Å². The minimum atomic E-state index is 0.617. The largest absolute Gasteiger partial charge is 0.378 e. The quantitative estimate of drug-likeness (QED) is 0.810. The Labute approximate surface area is 131 Å². The predicted molar refractivity (Wildman–Crippen MR) is 89.9 cm³/mol. The molecular formula is C17H23N3S. The second kappa shape index (κ2) is 7.03. The van der Waals surface area contributed by atoms with Crippen LogP contribution >= 0.6 is 11.8 Å². The van der Waals surface area contributed by atoms with Crippen molar-refractivity contribution in [3.63, 3.8) is 0 Å². The number of aromatic nitrogens is 2. The van der Waals surface area contributed by atoms with Gasteiger partial charge in [-0.15, -0.1) is 11.8 Å². The van der Waals surface area contributed by atoms with Crippen LogP contribution in [0.15, 0.2) is 41.4 Å². The molecule has 21 heavy (non-hydrogen) atoms. The van der Waals surface area contributed by atoms with Crippen molar-refractivity contribution in [2.75, 3.05) is 11.6 Å². The van der Waals surface area contributed by atoms with Gasteiger partial charge in [-0.2, -0.15) is 5.10 Å². The first kappa shape index (κ1) is 14.5. The molecule has 4 heteroatoms. The third-order valence-corrected chi connectivity index (χ3v) is 4.98. The summed E-state index contributed by atoms with van der Waals surface area (Å²) in [5.41, 5.74) is 2.31. The smallest absolute Gasteiger partial charge is 0.0815 e. The van der Waals surface area contributed by atoms with Crippen LogP contribution < -0.4 is 5.32 Å². The third kappa shape index (κ3) is 3.62. The lowest BCUT2D eigenvalue weighted by Gasteiger charge is -2.21. The molecule has 1 aliphatic carbocycles. The molecule has 1 aromatic heterocycles. The Morgan fingerprint density at radius 2 is 2.00 bits per heavy atom. The van der Waals surface area contributed by atoms with Gasteiger partial charge < -0.3 is 5.32 Å². The Kier molecular flexibility index (Phi) is 4.86. The van der Waals surface area contributed by atoms with E-state index in [0.717, 1.165) is 12.2 Å². The normalized spacial score (nSPS) is 16.0. The van der Waals surface area contributed by atoms with Crippen LogP contribution in [0.25, 0.3) is 0 Å². The number of nitrogens with zero attached hydrogens (tertiary/aromatic N) is 2. The van der Waals surface area contributed by atoms with Crippen LogP contribution in [-0.4, -0.2) is 16.0 Å². The van der Waals surface area contributed by atoms with E-state index in [9.17, 15) is 0 Å². The van der Waals surface area contributed by atoms with Crippen molar-refractivity contribution in [1.29, 1.82) is 0 Å². The Morgan fingerprint density at radius 1 is 1.19 bits per heavy atom. The lowest BCUT2D eigenvalue weighted by Crippen LogP contribution is -2.13. The number of hydrogen-bond donors (Lipinski definition) is 1. The lowest BCUT2D eigenvalue weighted by molar-refractivity contribution is 0.328. The van der Waals surface area contributed by atoms with Gasteiger partial charge >= 0.3 is 0 Å². The van der Waals surface area contributed by atoms with E-state index >= 15 is 0 Å². The zero-order valence-corrected chi connectivity index (χ0v) is 13.4. The Bertz CT molecular complexity index is 573. The molecule has 1 aliphatic rings. The van der Waals surface area contributed by atoms with E-state index in [1.807, 2.05) is 0 Å². The van der Waals surface area contributed by atoms with Gasteiger partial charge in [-0.05, 0) is 37.3 Å². The molecule has 0 unspecified atom stereocenters. The monoisotopic (exact) mass is 301 g/mol. The molecule has 0 aliphatic heterocycles. The van der Waals surface area contributed by atoms with Crippen LogP contribution in [0.5, 0.6) is 0 Å². The maximum Gasteiger partial charge on any atom is 0.0815 e.